The van der Waals surface area contributed by atoms with Gasteiger partial charge in [0, 0.05) is 18.8 Å². The SMILES string of the molecule is CC(C)(C)C1CCN(CCOCCS)C1. The fourth-order valence-electron chi connectivity index (χ4n) is 2.10. The maximum absolute atomic E-state index is 5.45. The van der Waals surface area contributed by atoms with E-state index in [0.29, 0.717) is 5.41 Å². The summed E-state index contributed by atoms with van der Waals surface area (Å²) in [5.74, 6) is 1.67. The van der Waals surface area contributed by atoms with E-state index in [2.05, 4.69) is 38.3 Å². The smallest absolute Gasteiger partial charge is 0.0593 e. The van der Waals surface area contributed by atoms with E-state index in [-0.39, 0.29) is 0 Å². The minimum atomic E-state index is 0.459. The summed E-state index contributed by atoms with van der Waals surface area (Å²) in [5.41, 5.74) is 0.459. The molecule has 1 unspecified atom stereocenters. The molecule has 1 heterocycles. The van der Waals surface area contributed by atoms with Crippen molar-refractivity contribution in [1.82, 2.24) is 4.90 Å². The molecule has 90 valence electrons. The largest absolute Gasteiger partial charge is 0.379 e. The lowest BCUT2D eigenvalue weighted by Crippen LogP contribution is -2.28. The highest BCUT2D eigenvalue weighted by molar-refractivity contribution is 7.80. The molecule has 2 nitrogen and oxygen atoms in total. The van der Waals surface area contributed by atoms with Crippen molar-refractivity contribution in [3.8, 4) is 0 Å². The van der Waals surface area contributed by atoms with Crippen LogP contribution < -0.4 is 0 Å². The molecule has 1 aliphatic rings. The lowest BCUT2D eigenvalue weighted by molar-refractivity contribution is 0.119. The second kappa shape index (κ2) is 6.12. The van der Waals surface area contributed by atoms with Gasteiger partial charge in [0.25, 0.3) is 0 Å². The van der Waals surface area contributed by atoms with Gasteiger partial charge in [0.15, 0.2) is 0 Å². The van der Waals surface area contributed by atoms with Gasteiger partial charge in [0.1, 0.15) is 0 Å². The Morgan fingerprint density at radius 3 is 2.60 bits per heavy atom. The normalized spacial score (nSPS) is 23.6. The van der Waals surface area contributed by atoms with Crippen LogP contribution in [0.1, 0.15) is 27.2 Å². The topological polar surface area (TPSA) is 12.5 Å². The molecule has 3 heteroatoms. The molecule has 0 spiro atoms. The van der Waals surface area contributed by atoms with Crippen LogP contribution in [0.25, 0.3) is 0 Å². The molecular formula is C12H25NOS. The average Bonchev–Trinajstić information content (AvgIpc) is 2.60. The molecule has 1 fully saturated rings. The Balaban J connectivity index is 2.14. The summed E-state index contributed by atoms with van der Waals surface area (Å²) >= 11 is 4.12. The number of ether oxygens (including phenoxy) is 1. The fraction of sp³-hybridized carbons (Fsp3) is 1.00. The predicted molar refractivity (Wildman–Crippen MR) is 68.7 cm³/mol. The van der Waals surface area contributed by atoms with Gasteiger partial charge in [0.05, 0.1) is 13.2 Å². The van der Waals surface area contributed by atoms with Gasteiger partial charge in [-0.15, -0.1) is 0 Å². The standard InChI is InChI=1S/C12H25NOS/c1-12(2,3)11-4-5-13(10-11)6-7-14-8-9-15/h11,15H,4-10H2,1-3H3. The summed E-state index contributed by atoms with van der Waals surface area (Å²) in [6, 6.07) is 0. The Labute approximate surface area is 99.8 Å². The first-order valence-corrected chi connectivity index (χ1v) is 6.58. The Hall–Kier alpha value is 0.270. The average molecular weight is 231 g/mol. The van der Waals surface area contributed by atoms with E-state index in [4.69, 9.17) is 4.74 Å². The van der Waals surface area contributed by atoms with E-state index in [1.54, 1.807) is 0 Å². The third-order valence-electron chi connectivity index (χ3n) is 3.28. The molecule has 1 aliphatic heterocycles. The van der Waals surface area contributed by atoms with Crippen molar-refractivity contribution < 1.29 is 4.74 Å². The van der Waals surface area contributed by atoms with Crippen LogP contribution in [-0.2, 0) is 4.74 Å². The zero-order chi connectivity index (χ0) is 11.3. The number of nitrogens with zero attached hydrogens (tertiary/aromatic N) is 1. The molecule has 0 bridgehead atoms. The van der Waals surface area contributed by atoms with Crippen LogP contribution in [0, 0.1) is 11.3 Å². The lowest BCUT2D eigenvalue weighted by atomic mass is 9.80. The van der Waals surface area contributed by atoms with Crippen LogP contribution in [-0.4, -0.2) is 43.5 Å². The zero-order valence-electron chi connectivity index (χ0n) is 10.3. The molecule has 0 N–H and O–H groups in total. The minimum Gasteiger partial charge on any atom is -0.379 e. The maximum atomic E-state index is 5.45. The van der Waals surface area contributed by atoms with Gasteiger partial charge in [-0.2, -0.15) is 12.6 Å². The first-order valence-electron chi connectivity index (χ1n) is 5.95. The molecule has 0 amide bonds. The van der Waals surface area contributed by atoms with E-state index in [1.165, 1.54) is 19.5 Å². The first kappa shape index (κ1) is 13.3. The van der Waals surface area contributed by atoms with Crippen molar-refractivity contribution in [3.05, 3.63) is 0 Å². The zero-order valence-corrected chi connectivity index (χ0v) is 11.2. The molecule has 1 atom stereocenters. The van der Waals surface area contributed by atoms with E-state index >= 15 is 0 Å². The second-order valence-electron chi connectivity index (χ2n) is 5.49. The van der Waals surface area contributed by atoms with Gasteiger partial charge in [-0.3, -0.25) is 0 Å². The van der Waals surface area contributed by atoms with Gasteiger partial charge < -0.3 is 9.64 Å². The molecule has 0 aromatic heterocycles. The van der Waals surface area contributed by atoms with Crippen molar-refractivity contribution >= 4 is 12.6 Å². The van der Waals surface area contributed by atoms with Gasteiger partial charge >= 0.3 is 0 Å². The highest BCUT2D eigenvalue weighted by Gasteiger charge is 2.31. The summed E-state index contributed by atoms with van der Waals surface area (Å²) < 4.78 is 5.45. The number of thiol groups is 1. The summed E-state index contributed by atoms with van der Waals surface area (Å²) in [6.45, 7) is 12.2. The van der Waals surface area contributed by atoms with E-state index in [1.807, 2.05) is 0 Å². The Bertz CT molecular complexity index is 179. The van der Waals surface area contributed by atoms with Crippen molar-refractivity contribution in [2.24, 2.45) is 11.3 Å². The molecule has 1 saturated heterocycles. The number of rotatable bonds is 5. The van der Waals surface area contributed by atoms with Crippen LogP contribution in [0.5, 0.6) is 0 Å². The van der Waals surface area contributed by atoms with Crippen LogP contribution in [0.2, 0.25) is 0 Å². The molecule has 0 aromatic carbocycles. The first-order chi connectivity index (χ1) is 7.04. The third-order valence-corrected chi connectivity index (χ3v) is 3.47. The lowest BCUT2D eigenvalue weighted by Gasteiger charge is -2.27. The van der Waals surface area contributed by atoms with Crippen molar-refractivity contribution in [2.45, 2.75) is 27.2 Å². The molecule has 1 rings (SSSR count). The van der Waals surface area contributed by atoms with Gasteiger partial charge in [-0.1, -0.05) is 20.8 Å². The molecule has 0 aromatic rings. The number of hydrogen-bond acceptors (Lipinski definition) is 3. The monoisotopic (exact) mass is 231 g/mol. The van der Waals surface area contributed by atoms with Gasteiger partial charge in [0.2, 0.25) is 0 Å². The van der Waals surface area contributed by atoms with Crippen molar-refractivity contribution in [1.29, 1.82) is 0 Å². The molecule has 0 radical (unpaired) electrons. The molecular weight excluding hydrogens is 206 g/mol. The Morgan fingerprint density at radius 2 is 2.07 bits per heavy atom. The molecule has 15 heavy (non-hydrogen) atoms. The summed E-state index contributed by atoms with van der Waals surface area (Å²) in [4.78, 5) is 2.52. The second-order valence-corrected chi connectivity index (χ2v) is 5.94. The highest BCUT2D eigenvalue weighted by atomic mass is 32.1. The number of hydrogen-bond donors (Lipinski definition) is 1. The van der Waals surface area contributed by atoms with Crippen LogP contribution in [0.4, 0.5) is 0 Å². The van der Waals surface area contributed by atoms with Crippen LogP contribution >= 0.6 is 12.6 Å². The van der Waals surface area contributed by atoms with Gasteiger partial charge in [-0.25, -0.2) is 0 Å². The minimum absolute atomic E-state index is 0.459. The highest BCUT2D eigenvalue weighted by Crippen LogP contribution is 2.33. The van der Waals surface area contributed by atoms with Crippen molar-refractivity contribution in [3.63, 3.8) is 0 Å². The quantitative estimate of drug-likeness (QED) is 0.576. The van der Waals surface area contributed by atoms with Crippen molar-refractivity contribution in [2.75, 3.05) is 38.6 Å². The Morgan fingerprint density at radius 1 is 1.33 bits per heavy atom. The van der Waals surface area contributed by atoms with E-state index in [9.17, 15) is 0 Å². The van der Waals surface area contributed by atoms with E-state index < -0.39 is 0 Å². The maximum Gasteiger partial charge on any atom is 0.0593 e. The Kier molecular flexibility index (Phi) is 5.44. The summed E-state index contributed by atoms with van der Waals surface area (Å²) in [7, 11) is 0. The summed E-state index contributed by atoms with van der Waals surface area (Å²) in [6.07, 6.45) is 1.34. The molecule has 0 saturated carbocycles. The number of likely N-dealkylation sites (tertiary alicyclic amines) is 1. The molecule has 0 aliphatic carbocycles. The summed E-state index contributed by atoms with van der Waals surface area (Å²) in [5, 5.41) is 0. The van der Waals surface area contributed by atoms with E-state index in [0.717, 1.165) is 31.4 Å². The third kappa shape index (κ3) is 4.75. The fourth-order valence-corrected chi connectivity index (χ4v) is 2.23. The van der Waals surface area contributed by atoms with Crippen LogP contribution in [0.3, 0.4) is 0 Å². The predicted octanol–water partition coefficient (Wildman–Crippen LogP) is 2.30. The van der Waals surface area contributed by atoms with Crippen LogP contribution in [0.15, 0.2) is 0 Å². The van der Waals surface area contributed by atoms with Gasteiger partial charge in [-0.05, 0) is 24.3 Å².